The van der Waals surface area contributed by atoms with Crippen LogP contribution >= 0.6 is 11.6 Å². The Balaban J connectivity index is 2.88. The molecule has 4 heteroatoms. The fourth-order valence-electron chi connectivity index (χ4n) is 1.07. The Morgan fingerprint density at radius 3 is 2.91 bits per heavy atom. The normalized spacial score (nSPS) is 10.5. The fourth-order valence-corrected chi connectivity index (χ4v) is 1.32. The van der Waals surface area contributed by atoms with Crippen LogP contribution in [0.1, 0.15) is 18.2 Å². The maximum Gasteiger partial charge on any atom is 0.154 e. The van der Waals surface area contributed by atoms with Gasteiger partial charge in [-0.15, -0.1) is 0 Å². The molecule has 1 heterocycles. The number of nitrogens with one attached hydrogen (secondary N) is 1. The Hall–Kier alpha value is -0.540. The van der Waals surface area contributed by atoms with Crippen LogP contribution < -0.4 is 5.73 Å². The summed E-state index contributed by atoms with van der Waals surface area (Å²) in [7, 11) is 0. The summed E-state index contributed by atoms with van der Waals surface area (Å²) >= 11 is 5.80. The first-order chi connectivity index (χ1) is 5.29. The lowest BCUT2D eigenvalue weighted by molar-refractivity contribution is 0.921. The van der Waals surface area contributed by atoms with Gasteiger partial charge >= 0.3 is 0 Å². The number of nitrogens with zero attached hydrogens (tertiary/aromatic N) is 1. The molecule has 11 heavy (non-hydrogen) atoms. The van der Waals surface area contributed by atoms with Gasteiger partial charge in [-0.25, -0.2) is 0 Å². The number of hydrogen-bond acceptors (Lipinski definition) is 2. The number of halogens is 1. The van der Waals surface area contributed by atoms with Crippen molar-refractivity contribution in [3.05, 3.63) is 16.4 Å². The molecule has 0 radical (unpaired) electrons. The van der Waals surface area contributed by atoms with E-state index in [0.29, 0.717) is 11.7 Å². The van der Waals surface area contributed by atoms with Crippen LogP contribution in [0.2, 0.25) is 5.15 Å². The van der Waals surface area contributed by atoms with E-state index in [4.69, 9.17) is 17.3 Å². The van der Waals surface area contributed by atoms with Gasteiger partial charge in [0, 0.05) is 11.3 Å². The number of H-pyrrole nitrogens is 1. The summed E-state index contributed by atoms with van der Waals surface area (Å²) in [5, 5.41) is 7.32. The van der Waals surface area contributed by atoms with Crippen molar-refractivity contribution in [2.45, 2.75) is 19.8 Å². The van der Waals surface area contributed by atoms with Gasteiger partial charge in [-0.2, -0.15) is 5.10 Å². The number of aromatic nitrogens is 2. The Morgan fingerprint density at radius 2 is 2.36 bits per heavy atom. The van der Waals surface area contributed by atoms with Crippen molar-refractivity contribution >= 4 is 11.6 Å². The summed E-state index contributed by atoms with van der Waals surface area (Å²) in [5.74, 6) is 0. The Kier molecular flexibility index (Phi) is 2.91. The molecular formula is C7H12ClN3. The lowest BCUT2D eigenvalue weighted by atomic mass is 10.1. The predicted molar refractivity (Wildman–Crippen MR) is 45.7 cm³/mol. The molecule has 0 unspecified atom stereocenters. The zero-order valence-electron chi connectivity index (χ0n) is 6.52. The van der Waals surface area contributed by atoms with Gasteiger partial charge in [0.25, 0.3) is 0 Å². The van der Waals surface area contributed by atoms with E-state index >= 15 is 0 Å². The van der Waals surface area contributed by atoms with E-state index in [-0.39, 0.29) is 0 Å². The first kappa shape index (κ1) is 8.56. The van der Waals surface area contributed by atoms with Crippen LogP contribution in [0.25, 0.3) is 0 Å². The van der Waals surface area contributed by atoms with Crippen molar-refractivity contribution in [1.29, 1.82) is 0 Å². The van der Waals surface area contributed by atoms with Crippen molar-refractivity contribution in [3.63, 3.8) is 0 Å². The van der Waals surface area contributed by atoms with Gasteiger partial charge < -0.3 is 5.73 Å². The standard InChI is InChI=1S/C7H12ClN3/c1-2-6-5(3-4-9)7(8)11-10-6/h2-4,9H2,1H3,(H,10,11). The second-order valence-corrected chi connectivity index (χ2v) is 2.72. The summed E-state index contributed by atoms with van der Waals surface area (Å²) < 4.78 is 0. The molecule has 62 valence electrons. The summed E-state index contributed by atoms with van der Waals surface area (Å²) in [6.07, 6.45) is 1.73. The zero-order chi connectivity index (χ0) is 8.27. The van der Waals surface area contributed by atoms with Gasteiger partial charge in [-0.3, -0.25) is 5.10 Å². The van der Waals surface area contributed by atoms with Crippen molar-refractivity contribution in [1.82, 2.24) is 10.2 Å². The van der Waals surface area contributed by atoms with E-state index in [2.05, 4.69) is 17.1 Å². The van der Waals surface area contributed by atoms with Crippen LogP contribution in [-0.2, 0) is 12.8 Å². The molecule has 0 saturated heterocycles. The second-order valence-electron chi connectivity index (χ2n) is 2.36. The maximum atomic E-state index is 5.80. The van der Waals surface area contributed by atoms with Gasteiger partial charge in [0.15, 0.2) is 5.15 Å². The van der Waals surface area contributed by atoms with Crippen LogP contribution in [0.3, 0.4) is 0 Å². The van der Waals surface area contributed by atoms with E-state index in [0.717, 1.165) is 24.1 Å². The van der Waals surface area contributed by atoms with Gasteiger partial charge in [-0.1, -0.05) is 18.5 Å². The highest BCUT2D eigenvalue weighted by Gasteiger charge is 2.07. The van der Waals surface area contributed by atoms with Gasteiger partial charge in [-0.05, 0) is 19.4 Å². The average Bonchev–Trinajstić information content (AvgIpc) is 2.34. The maximum absolute atomic E-state index is 5.80. The molecule has 0 atom stereocenters. The van der Waals surface area contributed by atoms with Gasteiger partial charge in [0.2, 0.25) is 0 Å². The Bertz CT molecular complexity index is 232. The van der Waals surface area contributed by atoms with E-state index in [1.165, 1.54) is 0 Å². The smallest absolute Gasteiger partial charge is 0.154 e. The molecule has 0 amide bonds. The number of nitrogens with two attached hydrogens (primary N) is 1. The fraction of sp³-hybridized carbons (Fsp3) is 0.571. The quantitative estimate of drug-likeness (QED) is 0.720. The van der Waals surface area contributed by atoms with Crippen molar-refractivity contribution in [2.24, 2.45) is 5.73 Å². The third kappa shape index (κ3) is 1.73. The molecule has 3 nitrogen and oxygen atoms in total. The molecule has 0 spiro atoms. The second kappa shape index (κ2) is 3.74. The molecule has 1 aromatic rings. The molecule has 0 aromatic carbocycles. The Labute approximate surface area is 70.9 Å². The highest BCUT2D eigenvalue weighted by molar-refractivity contribution is 6.30. The van der Waals surface area contributed by atoms with E-state index < -0.39 is 0 Å². The largest absolute Gasteiger partial charge is 0.330 e. The van der Waals surface area contributed by atoms with Crippen LogP contribution in [0.4, 0.5) is 0 Å². The first-order valence-corrected chi connectivity index (χ1v) is 4.09. The monoisotopic (exact) mass is 173 g/mol. The first-order valence-electron chi connectivity index (χ1n) is 3.71. The summed E-state index contributed by atoms with van der Waals surface area (Å²) in [4.78, 5) is 0. The highest BCUT2D eigenvalue weighted by atomic mass is 35.5. The minimum Gasteiger partial charge on any atom is -0.330 e. The SMILES string of the molecule is CCc1[nH]nc(Cl)c1CCN. The number of aromatic amines is 1. The van der Waals surface area contributed by atoms with Crippen LogP contribution in [-0.4, -0.2) is 16.7 Å². The molecular weight excluding hydrogens is 162 g/mol. The molecule has 0 saturated carbocycles. The number of hydrogen-bond donors (Lipinski definition) is 2. The minimum absolute atomic E-state index is 0.562. The summed E-state index contributed by atoms with van der Waals surface area (Å²) in [6, 6.07) is 0. The third-order valence-electron chi connectivity index (χ3n) is 1.65. The van der Waals surface area contributed by atoms with Crippen molar-refractivity contribution in [3.8, 4) is 0 Å². The number of rotatable bonds is 3. The topological polar surface area (TPSA) is 54.7 Å². The van der Waals surface area contributed by atoms with Crippen LogP contribution in [0.15, 0.2) is 0 Å². The molecule has 0 aliphatic carbocycles. The van der Waals surface area contributed by atoms with Crippen molar-refractivity contribution < 1.29 is 0 Å². The van der Waals surface area contributed by atoms with Gasteiger partial charge in [0.1, 0.15) is 0 Å². The van der Waals surface area contributed by atoms with Crippen LogP contribution in [0.5, 0.6) is 0 Å². The minimum atomic E-state index is 0.562. The molecule has 1 rings (SSSR count). The molecule has 0 aliphatic rings. The zero-order valence-corrected chi connectivity index (χ0v) is 7.28. The van der Waals surface area contributed by atoms with E-state index in [1.54, 1.807) is 0 Å². The third-order valence-corrected chi connectivity index (χ3v) is 1.96. The molecule has 3 N–H and O–H groups in total. The molecule has 0 bridgehead atoms. The van der Waals surface area contributed by atoms with E-state index in [9.17, 15) is 0 Å². The molecule has 1 aromatic heterocycles. The lowest BCUT2D eigenvalue weighted by Crippen LogP contribution is -2.04. The van der Waals surface area contributed by atoms with Crippen LogP contribution in [0, 0.1) is 0 Å². The van der Waals surface area contributed by atoms with E-state index in [1.807, 2.05) is 0 Å². The number of aryl methyl sites for hydroxylation is 1. The average molecular weight is 174 g/mol. The Morgan fingerprint density at radius 1 is 1.64 bits per heavy atom. The molecule has 0 aliphatic heterocycles. The van der Waals surface area contributed by atoms with Gasteiger partial charge in [0.05, 0.1) is 0 Å². The summed E-state index contributed by atoms with van der Waals surface area (Å²) in [5.41, 5.74) is 7.58. The molecule has 0 fully saturated rings. The van der Waals surface area contributed by atoms with Crippen molar-refractivity contribution in [2.75, 3.05) is 6.54 Å². The predicted octanol–water partition coefficient (Wildman–Crippen LogP) is 1.13. The summed E-state index contributed by atoms with van der Waals surface area (Å²) in [6.45, 7) is 2.68. The lowest BCUT2D eigenvalue weighted by Gasteiger charge is -1.96. The highest BCUT2D eigenvalue weighted by Crippen LogP contribution is 2.16.